The van der Waals surface area contributed by atoms with Crippen LogP contribution in [0.4, 0.5) is 0 Å². The summed E-state index contributed by atoms with van der Waals surface area (Å²) >= 11 is 1.23. The van der Waals surface area contributed by atoms with E-state index in [9.17, 15) is 14.7 Å². The molecular formula is C20H19N7O3S. The topological polar surface area (TPSA) is 128 Å². The molecule has 4 heterocycles. The molecule has 1 aromatic carbocycles. The summed E-state index contributed by atoms with van der Waals surface area (Å²) in [6.45, 7) is 2.73. The van der Waals surface area contributed by atoms with Gasteiger partial charge < -0.3 is 10.4 Å². The molecule has 0 radical (unpaired) electrons. The molecule has 10 nitrogen and oxygen atoms in total. The van der Waals surface area contributed by atoms with Gasteiger partial charge in [-0.25, -0.2) is 4.98 Å². The highest BCUT2D eigenvalue weighted by atomic mass is 32.1. The quantitative estimate of drug-likeness (QED) is 0.473. The molecule has 3 aromatic heterocycles. The molecule has 0 spiro atoms. The van der Waals surface area contributed by atoms with Crippen molar-refractivity contribution >= 4 is 27.5 Å². The van der Waals surface area contributed by atoms with E-state index in [1.807, 2.05) is 31.2 Å². The Morgan fingerprint density at radius 3 is 2.87 bits per heavy atom. The summed E-state index contributed by atoms with van der Waals surface area (Å²) in [6.07, 6.45) is 1.27. The minimum atomic E-state index is -0.771. The number of amides is 1. The number of tetrazole rings is 1. The van der Waals surface area contributed by atoms with Gasteiger partial charge in [-0.2, -0.15) is 4.80 Å². The number of rotatable bonds is 5. The highest BCUT2D eigenvalue weighted by Crippen LogP contribution is 2.29. The minimum absolute atomic E-state index is 0.0964. The molecule has 4 aromatic rings. The van der Waals surface area contributed by atoms with Crippen LogP contribution in [-0.4, -0.2) is 47.3 Å². The fourth-order valence-corrected chi connectivity index (χ4v) is 4.71. The van der Waals surface area contributed by atoms with Crippen LogP contribution in [0.25, 0.3) is 10.2 Å². The van der Waals surface area contributed by atoms with Gasteiger partial charge in [0.15, 0.2) is 5.82 Å². The first-order chi connectivity index (χ1) is 15.0. The molecular weight excluding hydrogens is 418 g/mol. The van der Waals surface area contributed by atoms with E-state index >= 15 is 0 Å². The average Bonchev–Trinajstić information content (AvgIpc) is 3.36. The first kappa shape index (κ1) is 19.5. The number of fused-ring (bicyclic) bond motifs is 3. The Morgan fingerprint density at radius 2 is 2.06 bits per heavy atom. The molecule has 1 atom stereocenters. The van der Waals surface area contributed by atoms with Crippen molar-refractivity contribution in [2.24, 2.45) is 0 Å². The smallest absolute Gasteiger partial charge is 0.262 e. The number of hydrogen-bond acceptors (Lipinski definition) is 8. The molecule has 1 aliphatic heterocycles. The van der Waals surface area contributed by atoms with Gasteiger partial charge in [-0.1, -0.05) is 29.8 Å². The largest absolute Gasteiger partial charge is 0.386 e. The lowest BCUT2D eigenvalue weighted by atomic mass is 10.1. The number of aliphatic hydroxyl groups is 1. The molecule has 1 unspecified atom stereocenters. The van der Waals surface area contributed by atoms with Crippen molar-refractivity contribution in [3.05, 3.63) is 68.3 Å². The Bertz CT molecular complexity index is 1340. The van der Waals surface area contributed by atoms with Gasteiger partial charge in [-0.05, 0) is 29.7 Å². The van der Waals surface area contributed by atoms with Crippen LogP contribution in [0, 0.1) is 6.92 Å². The van der Waals surface area contributed by atoms with E-state index in [0.717, 1.165) is 16.7 Å². The van der Waals surface area contributed by atoms with Gasteiger partial charge in [-0.3, -0.25) is 14.2 Å². The van der Waals surface area contributed by atoms with Crippen LogP contribution in [0.2, 0.25) is 0 Å². The standard InChI is InChI=1S/C20H19N7O3S/c1-11-2-4-12(5-3-11)14(28)8-27-24-15(23-25-27)9-26-10-22-19-16(20(26)30)13-6-7-21-18(29)17(13)31-19/h2-5,10,14,28H,6-9H2,1H3,(H,21,29). The predicted octanol–water partition coefficient (Wildman–Crippen LogP) is 0.821. The van der Waals surface area contributed by atoms with Crippen LogP contribution in [-0.2, 0) is 19.5 Å². The molecule has 0 saturated carbocycles. The molecule has 1 aliphatic rings. The summed E-state index contributed by atoms with van der Waals surface area (Å²) in [4.78, 5) is 31.9. The van der Waals surface area contributed by atoms with Crippen LogP contribution in [0.5, 0.6) is 0 Å². The number of thiophene rings is 1. The summed E-state index contributed by atoms with van der Waals surface area (Å²) in [5.74, 6) is 0.174. The van der Waals surface area contributed by atoms with Crippen molar-refractivity contribution in [1.82, 2.24) is 35.1 Å². The monoisotopic (exact) mass is 437 g/mol. The molecule has 0 saturated heterocycles. The van der Waals surface area contributed by atoms with E-state index in [0.29, 0.717) is 33.9 Å². The fraction of sp³-hybridized carbons (Fsp3) is 0.300. The van der Waals surface area contributed by atoms with Crippen molar-refractivity contribution in [3.63, 3.8) is 0 Å². The number of nitrogens with zero attached hydrogens (tertiary/aromatic N) is 6. The van der Waals surface area contributed by atoms with Crippen LogP contribution >= 0.6 is 11.3 Å². The number of benzene rings is 1. The van der Waals surface area contributed by atoms with Gasteiger partial charge >= 0.3 is 0 Å². The zero-order valence-corrected chi connectivity index (χ0v) is 17.5. The summed E-state index contributed by atoms with van der Waals surface area (Å²) < 4.78 is 1.42. The van der Waals surface area contributed by atoms with E-state index in [-0.39, 0.29) is 24.6 Å². The highest BCUT2D eigenvalue weighted by Gasteiger charge is 2.25. The van der Waals surface area contributed by atoms with E-state index < -0.39 is 6.10 Å². The van der Waals surface area contributed by atoms with Crippen molar-refractivity contribution in [2.45, 2.75) is 32.5 Å². The molecule has 0 bridgehead atoms. The molecule has 1 amide bonds. The number of carbonyl (C=O) groups is 1. The number of hydrogen-bond donors (Lipinski definition) is 2. The third kappa shape index (κ3) is 3.62. The maximum absolute atomic E-state index is 13.0. The molecule has 158 valence electrons. The Morgan fingerprint density at radius 1 is 1.26 bits per heavy atom. The molecule has 0 fully saturated rings. The Hall–Kier alpha value is -3.44. The number of aromatic nitrogens is 6. The van der Waals surface area contributed by atoms with Crippen LogP contribution in [0.3, 0.4) is 0 Å². The predicted molar refractivity (Wildman–Crippen MR) is 113 cm³/mol. The number of aliphatic hydroxyl groups excluding tert-OH is 1. The first-order valence-electron chi connectivity index (χ1n) is 9.80. The van der Waals surface area contributed by atoms with Gasteiger partial charge in [0.1, 0.15) is 10.9 Å². The van der Waals surface area contributed by atoms with Crippen molar-refractivity contribution in [1.29, 1.82) is 0 Å². The van der Waals surface area contributed by atoms with Crippen molar-refractivity contribution < 1.29 is 9.90 Å². The average molecular weight is 437 g/mol. The molecule has 5 rings (SSSR count). The van der Waals surface area contributed by atoms with Gasteiger partial charge in [0.2, 0.25) is 0 Å². The lowest BCUT2D eigenvalue weighted by Gasteiger charge is -2.11. The van der Waals surface area contributed by atoms with Gasteiger partial charge in [-0.15, -0.1) is 21.5 Å². The minimum Gasteiger partial charge on any atom is -0.386 e. The zero-order valence-electron chi connectivity index (χ0n) is 16.6. The van der Waals surface area contributed by atoms with E-state index in [2.05, 4.69) is 25.7 Å². The van der Waals surface area contributed by atoms with Gasteiger partial charge in [0.25, 0.3) is 11.5 Å². The number of carbonyl (C=O) groups excluding carboxylic acids is 1. The second-order valence-corrected chi connectivity index (χ2v) is 8.46. The Labute approximate surface area is 180 Å². The third-order valence-corrected chi connectivity index (χ3v) is 6.39. The van der Waals surface area contributed by atoms with E-state index in [1.165, 1.54) is 27.0 Å². The van der Waals surface area contributed by atoms with Crippen LogP contribution < -0.4 is 10.9 Å². The number of aryl methyl sites for hydroxylation is 1. The second kappa shape index (κ2) is 7.67. The fourth-order valence-electron chi connectivity index (χ4n) is 3.62. The number of nitrogens with one attached hydrogen (secondary N) is 1. The maximum Gasteiger partial charge on any atom is 0.262 e. The Balaban J connectivity index is 1.38. The molecule has 2 N–H and O–H groups in total. The van der Waals surface area contributed by atoms with Crippen LogP contribution in [0.15, 0.2) is 35.4 Å². The molecule has 11 heteroatoms. The van der Waals surface area contributed by atoms with Crippen molar-refractivity contribution in [2.75, 3.05) is 6.54 Å². The SMILES string of the molecule is Cc1ccc(C(O)Cn2nnc(Cn3cnc4sc5c(c4c3=O)CCNC5=O)n2)cc1. The first-order valence-corrected chi connectivity index (χ1v) is 10.6. The third-order valence-electron chi connectivity index (χ3n) is 5.25. The molecule has 31 heavy (non-hydrogen) atoms. The molecule has 0 aliphatic carbocycles. The zero-order chi connectivity index (χ0) is 21.5. The van der Waals surface area contributed by atoms with Crippen molar-refractivity contribution in [3.8, 4) is 0 Å². The van der Waals surface area contributed by atoms with Crippen LogP contribution in [0.1, 0.15) is 38.3 Å². The summed E-state index contributed by atoms with van der Waals surface area (Å²) in [6, 6.07) is 7.59. The van der Waals surface area contributed by atoms with E-state index in [4.69, 9.17) is 0 Å². The normalized spacial score (nSPS) is 14.5. The Kier molecular flexibility index (Phi) is 4.83. The maximum atomic E-state index is 13.0. The lowest BCUT2D eigenvalue weighted by Crippen LogP contribution is -2.31. The summed E-state index contributed by atoms with van der Waals surface area (Å²) in [7, 11) is 0. The van der Waals surface area contributed by atoms with E-state index in [1.54, 1.807) is 0 Å². The highest BCUT2D eigenvalue weighted by molar-refractivity contribution is 7.20. The van der Waals surface area contributed by atoms with Gasteiger partial charge in [0, 0.05) is 6.54 Å². The lowest BCUT2D eigenvalue weighted by molar-refractivity contribution is 0.0950. The second-order valence-electron chi connectivity index (χ2n) is 7.46. The summed E-state index contributed by atoms with van der Waals surface area (Å²) in [5, 5.41) is 26.0. The summed E-state index contributed by atoms with van der Waals surface area (Å²) in [5.41, 5.74) is 2.41. The van der Waals surface area contributed by atoms with Gasteiger partial charge in [0.05, 0.1) is 29.7 Å².